The third kappa shape index (κ3) is 6.15. The maximum absolute atomic E-state index is 13.1. The number of rotatable bonds is 9. The molecule has 0 radical (unpaired) electrons. The molecule has 0 bridgehead atoms. The smallest absolute Gasteiger partial charge is 0.262 e. The number of nitrogens with one attached hydrogen (secondary N) is 4. The zero-order chi connectivity index (χ0) is 24.1. The van der Waals surface area contributed by atoms with E-state index >= 15 is 0 Å². The fourth-order valence-electron chi connectivity index (χ4n) is 4.25. The van der Waals surface area contributed by atoms with Crippen LogP contribution in [0.4, 0.5) is 11.5 Å². The molecule has 4 rings (SSSR count). The number of H-pyrrole nitrogens is 1. The minimum absolute atomic E-state index is 0.0391. The van der Waals surface area contributed by atoms with Crippen molar-refractivity contribution < 1.29 is 9.59 Å². The number of nitrogens with zero attached hydrogens (tertiary/aromatic N) is 2. The zero-order valence-electron chi connectivity index (χ0n) is 19.2. The van der Waals surface area contributed by atoms with Gasteiger partial charge in [0.2, 0.25) is 5.91 Å². The SMILES string of the molecule is Cc1ncc(Cl)cc1N[C@@H](C)c1ccc(C(=O)N[C@@H](CC2CCCC2)C(=O)Nc2cc[nH]n2)s1. The molecule has 3 aromatic rings. The van der Waals surface area contributed by atoms with Gasteiger partial charge in [-0.1, -0.05) is 37.3 Å². The van der Waals surface area contributed by atoms with Crippen molar-refractivity contribution in [1.29, 1.82) is 0 Å². The van der Waals surface area contributed by atoms with Gasteiger partial charge < -0.3 is 16.0 Å². The molecule has 8 nitrogen and oxygen atoms in total. The van der Waals surface area contributed by atoms with E-state index in [9.17, 15) is 9.59 Å². The van der Waals surface area contributed by atoms with E-state index in [0.717, 1.165) is 29.1 Å². The van der Waals surface area contributed by atoms with Crippen molar-refractivity contribution in [3.63, 3.8) is 0 Å². The van der Waals surface area contributed by atoms with Crippen LogP contribution in [0.15, 0.2) is 36.7 Å². The van der Waals surface area contributed by atoms with E-state index in [2.05, 4.69) is 31.1 Å². The lowest BCUT2D eigenvalue weighted by Gasteiger charge is -2.20. The van der Waals surface area contributed by atoms with Crippen molar-refractivity contribution >= 4 is 46.3 Å². The second-order valence-electron chi connectivity index (χ2n) is 8.72. The largest absolute Gasteiger partial charge is 0.376 e. The number of aromatic nitrogens is 3. The molecule has 1 saturated carbocycles. The van der Waals surface area contributed by atoms with Gasteiger partial charge >= 0.3 is 0 Å². The standard InChI is InChI=1S/C24H29ClN6O2S/c1-14-18(12-17(25)13-26-14)28-15(2)20-7-8-21(34-20)24(33)29-19(11-16-5-3-4-6-16)23(32)30-22-9-10-27-31-22/h7-10,12-13,15-16,19,28H,3-6,11H2,1-2H3,(H,29,33)(H2,27,30,31,32)/t15-,19-/m0/s1. The summed E-state index contributed by atoms with van der Waals surface area (Å²) in [6.45, 7) is 3.94. The van der Waals surface area contributed by atoms with E-state index in [0.29, 0.717) is 28.1 Å². The highest BCUT2D eigenvalue weighted by atomic mass is 35.5. The molecule has 1 fully saturated rings. The highest BCUT2D eigenvalue weighted by Gasteiger charge is 2.28. The number of carbonyl (C=O) groups is 2. The minimum Gasteiger partial charge on any atom is -0.376 e. The molecule has 1 aliphatic carbocycles. The van der Waals surface area contributed by atoms with E-state index in [1.807, 2.05) is 26.0 Å². The number of thiophene rings is 1. The number of aromatic amines is 1. The van der Waals surface area contributed by atoms with Gasteiger partial charge in [-0.15, -0.1) is 11.3 Å². The summed E-state index contributed by atoms with van der Waals surface area (Å²) in [6, 6.07) is 6.60. The van der Waals surface area contributed by atoms with Crippen molar-refractivity contribution in [1.82, 2.24) is 20.5 Å². The Morgan fingerprint density at radius 1 is 1.26 bits per heavy atom. The van der Waals surface area contributed by atoms with Gasteiger partial charge in [0, 0.05) is 23.3 Å². The van der Waals surface area contributed by atoms with Crippen molar-refractivity contribution in [3.05, 3.63) is 57.1 Å². The van der Waals surface area contributed by atoms with Gasteiger partial charge in [0.1, 0.15) is 6.04 Å². The lowest BCUT2D eigenvalue weighted by molar-refractivity contribution is -0.118. The fourth-order valence-corrected chi connectivity index (χ4v) is 5.32. The van der Waals surface area contributed by atoms with Crippen molar-refractivity contribution in [3.8, 4) is 0 Å². The van der Waals surface area contributed by atoms with Crippen LogP contribution >= 0.6 is 22.9 Å². The Hall–Kier alpha value is -2.91. The number of hydrogen-bond acceptors (Lipinski definition) is 6. The van der Waals surface area contributed by atoms with Gasteiger partial charge in [-0.3, -0.25) is 19.7 Å². The van der Waals surface area contributed by atoms with Crippen LogP contribution in [0.5, 0.6) is 0 Å². The number of carbonyl (C=O) groups excluding carboxylic acids is 2. The van der Waals surface area contributed by atoms with Gasteiger partial charge in [-0.2, -0.15) is 5.10 Å². The van der Waals surface area contributed by atoms with E-state index in [1.54, 1.807) is 24.5 Å². The molecule has 0 saturated heterocycles. The van der Waals surface area contributed by atoms with Gasteiger partial charge in [-0.05, 0) is 44.4 Å². The minimum atomic E-state index is -0.617. The molecular weight excluding hydrogens is 472 g/mol. The number of halogens is 1. The van der Waals surface area contributed by atoms with Crippen molar-refractivity contribution in [2.75, 3.05) is 10.6 Å². The second kappa shape index (κ2) is 11.0. The summed E-state index contributed by atoms with van der Waals surface area (Å²) in [7, 11) is 0. The summed E-state index contributed by atoms with van der Waals surface area (Å²) in [4.78, 5) is 31.9. The summed E-state index contributed by atoms with van der Waals surface area (Å²) >= 11 is 7.48. The molecule has 180 valence electrons. The normalized spacial score (nSPS) is 15.6. The first-order valence-electron chi connectivity index (χ1n) is 11.5. The zero-order valence-corrected chi connectivity index (χ0v) is 20.8. The average molecular weight is 501 g/mol. The molecule has 0 aromatic carbocycles. The van der Waals surface area contributed by atoms with Crippen LogP contribution in [-0.2, 0) is 4.79 Å². The number of aryl methyl sites for hydroxylation is 1. The summed E-state index contributed by atoms with van der Waals surface area (Å²) in [5.74, 6) is 0.389. The van der Waals surface area contributed by atoms with Crippen molar-refractivity contribution in [2.24, 2.45) is 5.92 Å². The third-order valence-corrected chi connectivity index (χ3v) is 7.59. The molecule has 34 heavy (non-hydrogen) atoms. The lowest BCUT2D eigenvalue weighted by Crippen LogP contribution is -2.44. The Morgan fingerprint density at radius 3 is 2.79 bits per heavy atom. The Bertz CT molecular complexity index is 1130. The van der Waals surface area contributed by atoms with Gasteiger partial charge in [0.25, 0.3) is 5.91 Å². The van der Waals surface area contributed by atoms with Crippen LogP contribution in [0.2, 0.25) is 5.02 Å². The lowest BCUT2D eigenvalue weighted by atomic mass is 9.97. The van der Waals surface area contributed by atoms with E-state index in [4.69, 9.17) is 11.6 Å². The van der Waals surface area contributed by atoms with E-state index in [1.165, 1.54) is 24.2 Å². The number of hydrogen-bond donors (Lipinski definition) is 4. The van der Waals surface area contributed by atoms with Crippen LogP contribution in [0.25, 0.3) is 0 Å². The Labute approximate surface area is 207 Å². The van der Waals surface area contributed by atoms with Gasteiger partial charge in [-0.25, -0.2) is 0 Å². The summed E-state index contributed by atoms with van der Waals surface area (Å²) in [5, 5.41) is 16.4. The monoisotopic (exact) mass is 500 g/mol. The molecule has 0 spiro atoms. The van der Waals surface area contributed by atoms with Crippen molar-refractivity contribution in [2.45, 2.75) is 58.0 Å². The fraction of sp³-hybridized carbons (Fsp3) is 0.417. The van der Waals surface area contributed by atoms with Gasteiger partial charge in [0.05, 0.1) is 27.3 Å². The first-order valence-corrected chi connectivity index (χ1v) is 12.7. The molecule has 0 aliphatic heterocycles. The predicted molar refractivity (Wildman–Crippen MR) is 135 cm³/mol. The summed E-state index contributed by atoms with van der Waals surface area (Å²) < 4.78 is 0. The molecule has 1 aliphatic rings. The van der Waals surface area contributed by atoms with Crippen LogP contribution in [0.1, 0.15) is 65.3 Å². The Morgan fingerprint density at radius 2 is 2.06 bits per heavy atom. The molecule has 3 heterocycles. The van der Waals surface area contributed by atoms with Crippen LogP contribution in [0.3, 0.4) is 0 Å². The number of anilines is 2. The first-order chi connectivity index (χ1) is 16.4. The molecule has 2 amide bonds. The van der Waals surface area contributed by atoms with E-state index in [-0.39, 0.29) is 17.9 Å². The number of amides is 2. The maximum atomic E-state index is 13.1. The summed E-state index contributed by atoms with van der Waals surface area (Å²) in [5.41, 5.74) is 1.70. The summed E-state index contributed by atoms with van der Waals surface area (Å²) in [6.07, 6.45) is 8.41. The highest BCUT2D eigenvalue weighted by Crippen LogP contribution is 2.30. The van der Waals surface area contributed by atoms with Crippen LogP contribution < -0.4 is 16.0 Å². The Kier molecular flexibility index (Phi) is 7.84. The first kappa shape index (κ1) is 24.2. The predicted octanol–water partition coefficient (Wildman–Crippen LogP) is 5.32. The molecule has 0 unspecified atom stereocenters. The third-order valence-electron chi connectivity index (χ3n) is 6.12. The molecule has 4 N–H and O–H groups in total. The van der Waals surface area contributed by atoms with E-state index < -0.39 is 6.04 Å². The quantitative estimate of drug-likeness (QED) is 0.318. The maximum Gasteiger partial charge on any atom is 0.262 e. The topological polar surface area (TPSA) is 112 Å². The second-order valence-corrected chi connectivity index (χ2v) is 10.3. The van der Waals surface area contributed by atoms with Crippen LogP contribution in [-0.4, -0.2) is 33.0 Å². The molecule has 2 atom stereocenters. The molecule has 10 heteroatoms. The molecule has 3 aromatic heterocycles. The Balaban J connectivity index is 1.42. The highest BCUT2D eigenvalue weighted by molar-refractivity contribution is 7.14. The number of pyridine rings is 1. The van der Waals surface area contributed by atoms with Crippen LogP contribution in [0, 0.1) is 12.8 Å². The average Bonchev–Trinajstić information content (AvgIpc) is 3.58. The van der Waals surface area contributed by atoms with Gasteiger partial charge in [0.15, 0.2) is 5.82 Å². The molecular formula is C24H29ClN6O2S.